The zero-order chi connectivity index (χ0) is 18.9. The Balaban J connectivity index is 1.32. The first-order valence-electron chi connectivity index (χ1n) is 9.81. The molecular weight excluding hydrogens is 341 g/mol. The van der Waals surface area contributed by atoms with Gasteiger partial charge in [-0.05, 0) is 67.6 Å². The van der Waals surface area contributed by atoms with Crippen LogP contribution in [-0.2, 0) is 11.2 Å². The van der Waals surface area contributed by atoms with Crippen molar-refractivity contribution in [2.45, 2.75) is 32.1 Å². The second-order valence-corrected chi connectivity index (χ2v) is 7.00. The summed E-state index contributed by atoms with van der Waals surface area (Å²) < 4.78 is 12.9. The van der Waals surface area contributed by atoms with Crippen LogP contribution in [0.1, 0.15) is 31.2 Å². The van der Waals surface area contributed by atoms with Gasteiger partial charge in [0.25, 0.3) is 0 Å². The van der Waals surface area contributed by atoms with Gasteiger partial charge in [-0.15, -0.1) is 0 Å². The molecule has 27 heavy (non-hydrogen) atoms. The monoisotopic (exact) mass is 369 g/mol. The van der Waals surface area contributed by atoms with Crippen molar-refractivity contribution in [1.82, 2.24) is 5.32 Å². The molecule has 144 valence electrons. The van der Waals surface area contributed by atoms with Crippen LogP contribution in [0, 0.1) is 5.82 Å². The third-order valence-corrected chi connectivity index (χ3v) is 4.92. The first-order chi connectivity index (χ1) is 13.2. The summed E-state index contributed by atoms with van der Waals surface area (Å²) in [6.45, 7) is 3.45. The highest BCUT2D eigenvalue weighted by Crippen LogP contribution is 2.21. The summed E-state index contributed by atoms with van der Waals surface area (Å²) >= 11 is 0. The molecule has 0 bridgehead atoms. The topological polar surface area (TPSA) is 44.4 Å². The molecule has 0 spiro atoms. The maximum atomic E-state index is 12.9. The maximum absolute atomic E-state index is 12.9. The van der Waals surface area contributed by atoms with Crippen LogP contribution < -0.4 is 15.5 Å². The van der Waals surface area contributed by atoms with Crippen LogP contribution in [0.2, 0.25) is 0 Å². The maximum Gasteiger partial charge on any atom is 0.221 e. The molecule has 0 saturated carbocycles. The van der Waals surface area contributed by atoms with E-state index in [9.17, 15) is 9.18 Å². The molecule has 1 aliphatic heterocycles. The highest BCUT2D eigenvalue weighted by Gasteiger charge is 2.10. The molecule has 3 rings (SSSR count). The van der Waals surface area contributed by atoms with Crippen LogP contribution in [0.15, 0.2) is 48.5 Å². The second-order valence-electron chi connectivity index (χ2n) is 7.00. The van der Waals surface area contributed by atoms with E-state index >= 15 is 0 Å². The van der Waals surface area contributed by atoms with Crippen molar-refractivity contribution in [2.75, 3.05) is 36.4 Å². The van der Waals surface area contributed by atoms with E-state index in [4.69, 9.17) is 0 Å². The third-order valence-electron chi connectivity index (χ3n) is 4.92. The summed E-state index contributed by atoms with van der Waals surface area (Å²) in [5.74, 6) is -0.215. The molecule has 1 saturated heterocycles. The van der Waals surface area contributed by atoms with E-state index in [1.54, 1.807) is 12.1 Å². The van der Waals surface area contributed by atoms with Crippen LogP contribution >= 0.6 is 0 Å². The molecule has 5 heteroatoms. The molecule has 2 aromatic carbocycles. The molecule has 0 radical (unpaired) electrons. The number of carbonyl (C=O) groups excluding carboxylic acids is 1. The number of nitrogens with one attached hydrogen (secondary N) is 2. The minimum atomic E-state index is -0.238. The fourth-order valence-electron chi connectivity index (χ4n) is 3.35. The van der Waals surface area contributed by atoms with Gasteiger partial charge >= 0.3 is 0 Å². The summed E-state index contributed by atoms with van der Waals surface area (Å²) in [7, 11) is 0. The minimum Gasteiger partial charge on any atom is -0.385 e. The quantitative estimate of drug-likeness (QED) is 0.740. The standard InChI is InChI=1S/C22H28FN3O/c23-19-6-4-18(5-7-19)12-14-25-22(27)13-15-24-20-8-10-21(11-9-20)26-16-2-1-3-17-26/h4-11,24H,1-3,12-17H2,(H,25,27). The number of piperidine rings is 1. The van der Waals surface area contributed by atoms with Crippen LogP contribution in [-0.4, -0.2) is 32.1 Å². The van der Waals surface area contributed by atoms with Crippen molar-refractivity contribution in [2.24, 2.45) is 0 Å². The molecule has 0 unspecified atom stereocenters. The number of carbonyl (C=O) groups is 1. The number of rotatable bonds is 8. The van der Waals surface area contributed by atoms with E-state index in [1.807, 2.05) is 0 Å². The number of amides is 1. The van der Waals surface area contributed by atoms with E-state index in [0.29, 0.717) is 25.9 Å². The molecule has 0 atom stereocenters. The molecule has 0 aromatic heterocycles. The van der Waals surface area contributed by atoms with Crippen molar-refractivity contribution in [3.63, 3.8) is 0 Å². The molecule has 1 aliphatic rings. The fraction of sp³-hybridized carbons (Fsp3) is 0.409. The SMILES string of the molecule is O=C(CCNc1ccc(N2CCCCC2)cc1)NCCc1ccc(F)cc1. The average Bonchev–Trinajstić information content (AvgIpc) is 2.71. The van der Waals surface area contributed by atoms with Crippen LogP contribution in [0.3, 0.4) is 0 Å². The number of nitrogens with zero attached hydrogens (tertiary/aromatic N) is 1. The number of halogens is 1. The van der Waals surface area contributed by atoms with Gasteiger partial charge in [0, 0.05) is 44.0 Å². The highest BCUT2D eigenvalue weighted by molar-refractivity contribution is 5.76. The van der Waals surface area contributed by atoms with Gasteiger partial charge < -0.3 is 15.5 Å². The number of hydrogen-bond donors (Lipinski definition) is 2. The van der Waals surface area contributed by atoms with Gasteiger partial charge in [-0.1, -0.05) is 12.1 Å². The molecule has 4 nitrogen and oxygen atoms in total. The van der Waals surface area contributed by atoms with Gasteiger partial charge in [0.15, 0.2) is 0 Å². The zero-order valence-corrected chi connectivity index (χ0v) is 15.7. The fourth-order valence-corrected chi connectivity index (χ4v) is 3.35. The van der Waals surface area contributed by atoms with Crippen molar-refractivity contribution < 1.29 is 9.18 Å². The molecule has 1 amide bonds. The Labute approximate surface area is 160 Å². The van der Waals surface area contributed by atoms with Crippen molar-refractivity contribution in [3.8, 4) is 0 Å². The lowest BCUT2D eigenvalue weighted by Crippen LogP contribution is -2.29. The number of benzene rings is 2. The Bertz CT molecular complexity index is 709. The van der Waals surface area contributed by atoms with E-state index in [2.05, 4.69) is 39.8 Å². The Morgan fingerprint density at radius 3 is 2.33 bits per heavy atom. The minimum absolute atomic E-state index is 0.0227. The molecule has 2 N–H and O–H groups in total. The molecular formula is C22H28FN3O. The molecule has 2 aromatic rings. The van der Waals surface area contributed by atoms with Crippen molar-refractivity contribution in [3.05, 3.63) is 59.9 Å². The van der Waals surface area contributed by atoms with Gasteiger partial charge in [0.05, 0.1) is 0 Å². The first-order valence-corrected chi connectivity index (χ1v) is 9.81. The van der Waals surface area contributed by atoms with Crippen LogP contribution in [0.4, 0.5) is 15.8 Å². The van der Waals surface area contributed by atoms with E-state index < -0.39 is 0 Å². The van der Waals surface area contributed by atoms with Crippen molar-refractivity contribution in [1.29, 1.82) is 0 Å². The van der Waals surface area contributed by atoms with Gasteiger partial charge in [-0.2, -0.15) is 0 Å². The Hall–Kier alpha value is -2.56. The van der Waals surface area contributed by atoms with E-state index in [-0.39, 0.29) is 11.7 Å². The number of hydrogen-bond acceptors (Lipinski definition) is 3. The van der Waals surface area contributed by atoms with Crippen LogP contribution in [0.5, 0.6) is 0 Å². The third kappa shape index (κ3) is 6.27. The lowest BCUT2D eigenvalue weighted by atomic mass is 10.1. The predicted molar refractivity (Wildman–Crippen MR) is 109 cm³/mol. The van der Waals surface area contributed by atoms with Gasteiger partial charge in [0.1, 0.15) is 5.82 Å². The smallest absolute Gasteiger partial charge is 0.221 e. The van der Waals surface area contributed by atoms with Gasteiger partial charge in [-0.3, -0.25) is 4.79 Å². The molecule has 0 aliphatic carbocycles. The normalized spacial score (nSPS) is 14.0. The van der Waals surface area contributed by atoms with Crippen molar-refractivity contribution >= 4 is 17.3 Å². The summed E-state index contributed by atoms with van der Waals surface area (Å²) in [4.78, 5) is 14.4. The molecule has 1 fully saturated rings. The van der Waals surface area contributed by atoms with E-state index in [1.165, 1.54) is 37.1 Å². The number of anilines is 2. The average molecular weight is 369 g/mol. The first kappa shape index (κ1) is 19.2. The Morgan fingerprint density at radius 1 is 0.926 bits per heavy atom. The summed E-state index contributed by atoms with van der Waals surface area (Å²) in [6.07, 6.45) is 5.02. The van der Waals surface area contributed by atoms with Gasteiger partial charge in [-0.25, -0.2) is 4.39 Å². The second kappa shape index (κ2) is 9.95. The zero-order valence-electron chi connectivity index (χ0n) is 15.7. The Morgan fingerprint density at radius 2 is 1.63 bits per heavy atom. The summed E-state index contributed by atoms with van der Waals surface area (Å²) in [6, 6.07) is 14.8. The van der Waals surface area contributed by atoms with E-state index in [0.717, 1.165) is 24.3 Å². The summed E-state index contributed by atoms with van der Waals surface area (Å²) in [5, 5.41) is 6.20. The largest absolute Gasteiger partial charge is 0.385 e. The lowest BCUT2D eigenvalue weighted by molar-refractivity contribution is -0.120. The van der Waals surface area contributed by atoms with Crippen LogP contribution in [0.25, 0.3) is 0 Å². The summed E-state index contributed by atoms with van der Waals surface area (Å²) in [5.41, 5.74) is 3.33. The highest BCUT2D eigenvalue weighted by atomic mass is 19.1. The van der Waals surface area contributed by atoms with Gasteiger partial charge in [0.2, 0.25) is 5.91 Å². The molecule has 1 heterocycles. The lowest BCUT2D eigenvalue weighted by Gasteiger charge is -2.28. The predicted octanol–water partition coefficient (Wildman–Crippen LogP) is 3.98. The Kier molecular flexibility index (Phi) is 7.08.